The molecule has 18 heavy (non-hydrogen) atoms. The summed E-state index contributed by atoms with van der Waals surface area (Å²) in [5.41, 5.74) is 2.25. The molecule has 1 aromatic heterocycles. The fourth-order valence-electron chi connectivity index (χ4n) is 2.54. The zero-order valence-electron chi connectivity index (χ0n) is 9.96. The van der Waals surface area contributed by atoms with E-state index in [1.165, 1.54) is 0 Å². The zero-order valence-corrected chi connectivity index (χ0v) is 11.5. The molecule has 1 saturated carbocycles. The smallest absolute Gasteiger partial charge is 0.0778 e. The Morgan fingerprint density at radius 1 is 1.17 bits per heavy atom. The minimum Gasteiger partial charge on any atom is -0.391 e. The number of nitrogens with zero attached hydrogens (tertiary/aromatic N) is 2. The Bertz CT molecular complexity index is 535. The largest absolute Gasteiger partial charge is 0.391 e. The highest BCUT2D eigenvalue weighted by Crippen LogP contribution is 2.31. The number of benzene rings is 1. The number of aromatic nitrogens is 2. The van der Waals surface area contributed by atoms with Crippen LogP contribution in [0.15, 0.2) is 41.1 Å². The van der Waals surface area contributed by atoms with E-state index in [2.05, 4.69) is 33.2 Å². The first-order valence-electron chi connectivity index (χ1n) is 6.22. The van der Waals surface area contributed by atoms with Crippen molar-refractivity contribution in [3.8, 4) is 11.1 Å². The summed E-state index contributed by atoms with van der Waals surface area (Å²) in [6.07, 6.45) is 6.64. The van der Waals surface area contributed by atoms with E-state index < -0.39 is 0 Å². The Kier molecular flexibility index (Phi) is 3.22. The molecule has 0 saturated heterocycles. The summed E-state index contributed by atoms with van der Waals surface area (Å²) in [4.78, 5) is 0. The van der Waals surface area contributed by atoms with E-state index in [-0.39, 0.29) is 12.1 Å². The van der Waals surface area contributed by atoms with Crippen LogP contribution in [-0.4, -0.2) is 21.0 Å². The molecule has 1 heterocycles. The molecule has 0 spiro atoms. The lowest BCUT2D eigenvalue weighted by atomic mass is 10.1. The van der Waals surface area contributed by atoms with Gasteiger partial charge in [0.15, 0.2) is 0 Å². The Hall–Kier alpha value is -1.13. The molecule has 2 atom stereocenters. The molecule has 1 aromatic carbocycles. The first-order valence-corrected chi connectivity index (χ1v) is 7.01. The number of aliphatic hydroxyl groups excluding tert-OH is 1. The van der Waals surface area contributed by atoms with Crippen molar-refractivity contribution < 1.29 is 5.11 Å². The van der Waals surface area contributed by atoms with Crippen molar-refractivity contribution in [2.45, 2.75) is 31.4 Å². The lowest BCUT2D eigenvalue weighted by Crippen LogP contribution is -2.18. The molecule has 3 rings (SSSR count). The standard InChI is InChI=1S/C14H15BrN2O/c15-12-6-4-10(5-7-12)11-8-16-17(9-11)13-2-1-3-14(13)18/h4-9,13-14,18H,1-3H2. The minimum atomic E-state index is -0.248. The van der Waals surface area contributed by atoms with Crippen LogP contribution >= 0.6 is 15.9 Å². The number of aliphatic hydroxyl groups is 1. The van der Waals surface area contributed by atoms with Crippen molar-refractivity contribution >= 4 is 15.9 Å². The van der Waals surface area contributed by atoms with Gasteiger partial charge in [0.25, 0.3) is 0 Å². The van der Waals surface area contributed by atoms with Gasteiger partial charge in [0.05, 0.1) is 18.3 Å². The quantitative estimate of drug-likeness (QED) is 0.923. The van der Waals surface area contributed by atoms with Gasteiger partial charge in [0.2, 0.25) is 0 Å². The van der Waals surface area contributed by atoms with Gasteiger partial charge in [-0.3, -0.25) is 4.68 Å². The van der Waals surface area contributed by atoms with Crippen LogP contribution < -0.4 is 0 Å². The van der Waals surface area contributed by atoms with Gasteiger partial charge in [-0.1, -0.05) is 28.1 Å². The normalized spacial score (nSPS) is 23.4. The molecule has 1 fully saturated rings. The molecular weight excluding hydrogens is 292 g/mol. The molecule has 1 aliphatic carbocycles. The first-order chi connectivity index (χ1) is 8.74. The van der Waals surface area contributed by atoms with Crippen LogP contribution in [0.5, 0.6) is 0 Å². The van der Waals surface area contributed by atoms with Crippen LogP contribution in [0, 0.1) is 0 Å². The number of rotatable bonds is 2. The summed E-state index contributed by atoms with van der Waals surface area (Å²) in [7, 11) is 0. The molecule has 4 heteroatoms. The van der Waals surface area contributed by atoms with Crippen molar-refractivity contribution in [1.29, 1.82) is 0 Å². The summed E-state index contributed by atoms with van der Waals surface area (Å²) in [5, 5.41) is 14.3. The number of halogens is 1. The van der Waals surface area contributed by atoms with E-state index in [0.717, 1.165) is 34.9 Å². The molecular formula is C14H15BrN2O. The van der Waals surface area contributed by atoms with Crippen molar-refractivity contribution in [3.63, 3.8) is 0 Å². The van der Waals surface area contributed by atoms with E-state index in [1.807, 2.05) is 29.2 Å². The lowest BCUT2D eigenvalue weighted by molar-refractivity contribution is 0.130. The number of hydrogen-bond donors (Lipinski definition) is 1. The highest BCUT2D eigenvalue weighted by atomic mass is 79.9. The van der Waals surface area contributed by atoms with E-state index in [1.54, 1.807) is 0 Å². The molecule has 1 N–H and O–H groups in total. The first kappa shape index (κ1) is 11.9. The summed E-state index contributed by atoms with van der Waals surface area (Å²) in [5.74, 6) is 0. The minimum absolute atomic E-state index is 0.147. The molecule has 94 valence electrons. The Morgan fingerprint density at radius 3 is 2.61 bits per heavy atom. The molecule has 2 aromatic rings. The summed E-state index contributed by atoms with van der Waals surface area (Å²) in [6.45, 7) is 0. The average molecular weight is 307 g/mol. The van der Waals surface area contributed by atoms with Crippen LogP contribution in [0.2, 0.25) is 0 Å². The van der Waals surface area contributed by atoms with Crippen LogP contribution in [0.25, 0.3) is 11.1 Å². The summed E-state index contributed by atoms with van der Waals surface area (Å²) >= 11 is 3.43. The fourth-order valence-corrected chi connectivity index (χ4v) is 2.80. The average Bonchev–Trinajstić information content (AvgIpc) is 2.98. The Balaban J connectivity index is 1.87. The topological polar surface area (TPSA) is 38.0 Å². The maximum absolute atomic E-state index is 9.89. The summed E-state index contributed by atoms with van der Waals surface area (Å²) < 4.78 is 2.99. The molecule has 3 nitrogen and oxygen atoms in total. The van der Waals surface area contributed by atoms with Gasteiger partial charge in [0.1, 0.15) is 0 Å². The highest BCUT2D eigenvalue weighted by Gasteiger charge is 2.27. The van der Waals surface area contributed by atoms with Gasteiger partial charge in [0, 0.05) is 16.2 Å². The second-order valence-electron chi connectivity index (χ2n) is 4.78. The third kappa shape index (κ3) is 2.22. The van der Waals surface area contributed by atoms with Gasteiger partial charge < -0.3 is 5.11 Å². The predicted molar refractivity (Wildman–Crippen MR) is 74.3 cm³/mol. The fraction of sp³-hybridized carbons (Fsp3) is 0.357. The van der Waals surface area contributed by atoms with Crippen molar-refractivity contribution in [3.05, 3.63) is 41.1 Å². The Morgan fingerprint density at radius 2 is 1.94 bits per heavy atom. The Labute approximate surface area is 115 Å². The van der Waals surface area contributed by atoms with E-state index >= 15 is 0 Å². The molecule has 0 amide bonds. The highest BCUT2D eigenvalue weighted by molar-refractivity contribution is 9.10. The van der Waals surface area contributed by atoms with Crippen molar-refractivity contribution in [2.75, 3.05) is 0 Å². The van der Waals surface area contributed by atoms with Gasteiger partial charge in [-0.05, 0) is 37.0 Å². The maximum Gasteiger partial charge on any atom is 0.0778 e. The monoisotopic (exact) mass is 306 g/mol. The molecule has 0 bridgehead atoms. The molecule has 1 aliphatic rings. The maximum atomic E-state index is 9.89. The summed E-state index contributed by atoms with van der Waals surface area (Å²) in [6, 6.07) is 8.33. The van der Waals surface area contributed by atoms with E-state index in [9.17, 15) is 5.11 Å². The lowest BCUT2D eigenvalue weighted by Gasteiger charge is -2.14. The van der Waals surface area contributed by atoms with E-state index in [0.29, 0.717) is 0 Å². The van der Waals surface area contributed by atoms with Crippen LogP contribution in [0.3, 0.4) is 0 Å². The van der Waals surface area contributed by atoms with Crippen molar-refractivity contribution in [1.82, 2.24) is 9.78 Å². The molecule has 2 unspecified atom stereocenters. The van der Waals surface area contributed by atoms with Gasteiger partial charge in [-0.15, -0.1) is 0 Å². The number of hydrogen-bond acceptors (Lipinski definition) is 2. The second-order valence-corrected chi connectivity index (χ2v) is 5.70. The predicted octanol–water partition coefficient (Wildman–Crippen LogP) is 3.40. The SMILES string of the molecule is OC1CCCC1n1cc(-c2ccc(Br)cc2)cn1. The molecule has 0 radical (unpaired) electrons. The molecule has 0 aliphatic heterocycles. The van der Waals surface area contributed by atoms with Gasteiger partial charge >= 0.3 is 0 Å². The third-order valence-electron chi connectivity index (χ3n) is 3.56. The third-order valence-corrected chi connectivity index (χ3v) is 4.09. The van der Waals surface area contributed by atoms with Crippen molar-refractivity contribution in [2.24, 2.45) is 0 Å². The van der Waals surface area contributed by atoms with Crippen LogP contribution in [0.4, 0.5) is 0 Å². The van der Waals surface area contributed by atoms with Crippen LogP contribution in [-0.2, 0) is 0 Å². The zero-order chi connectivity index (χ0) is 12.5. The van der Waals surface area contributed by atoms with E-state index in [4.69, 9.17) is 0 Å². The second kappa shape index (κ2) is 4.86. The van der Waals surface area contributed by atoms with Gasteiger partial charge in [-0.2, -0.15) is 5.10 Å². The van der Waals surface area contributed by atoms with Crippen LogP contribution in [0.1, 0.15) is 25.3 Å². The van der Waals surface area contributed by atoms with Gasteiger partial charge in [-0.25, -0.2) is 0 Å².